The first-order valence-electron chi connectivity index (χ1n) is 5.09. The fourth-order valence-electron chi connectivity index (χ4n) is 1.25. The van der Waals surface area contributed by atoms with Crippen LogP contribution in [0, 0.1) is 0 Å². The molecule has 2 heterocycles. The van der Waals surface area contributed by atoms with Crippen molar-refractivity contribution in [2.75, 3.05) is 11.1 Å². The summed E-state index contributed by atoms with van der Waals surface area (Å²) in [6.07, 6.45) is 3.31. The molecule has 2 aromatic heterocycles. The van der Waals surface area contributed by atoms with Crippen LogP contribution in [0.15, 0.2) is 12.4 Å². The zero-order valence-corrected chi connectivity index (χ0v) is 9.51. The van der Waals surface area contributed by atoms with E-state index < -0.39 is 5.91 Å². The Bertz CT molecular complexity index is 527. The van der Waals surface area contributed by atoms with Gasteiger partial charge >= 0.3 is 0 Å². The second kappa shape index (κ2) is 4.24. The maximum atomic E-state index is 11.7. The summed E-state index contributed by atoms with van der Waals surface area (Å²) < 4.78 is 1.74. The smallest absolute Gasteiger partial charge is 0.293 e. The van der Waals surface area contributed by atoms with Crippen molar-refractivity contribution in [3.05, 3.63) is 18.2 Å². The van der Waals surface area contributed by atoms with E-state index in [1.165, 1.54) is 0 Å². The molecule has 0 aliphatic heterocycles. The monoisotopic (exact) mass is 235 g/mol. The predicted octanol–water partition coefficient (Wildman–Crippen LogP) is 0.417. The molecule has 2 aromatic rings. The number of carbonyl (C=O) groups is 1. The largest absolute Gasteiger partial charge is 0.366 e. The van der Waals surface area contributed by atoms with E-state index in [0.29, 0.717) is 5.69 Å². The van der Waals surface area contributed by atoms with E-state index in [4.69, 9.17) is 5.73 Å². The third-order valence-corrected chi connectivity index (χ3v) is 2.11. The summed E-state index contributed by atoms with van der Waals surface area (Å²) in [5.74, 6) is -0.301. The van der Waals surface area contributed by atoms with Crippen LogP contribution in [0.2, 0.25) is 0 Å². The molecule has 4 N–H and O–H groups in total. The molecule has 1 amide bonds. The molecule has 0 aromatic carbocycles. The summed E-state index contributed by atoms with van der Waals surface area (Å²) in [6.45, 7) is 3.99. The quantitative estimate of drug-likeness (QED) is 0.713. The van der Waals surface area contributed by atoms with E-state index in [1.807, 2.05) is 13.8 Å². The van der Waals surface area contributed by atoms with Gasteiger partial charge in [0.15, 0.2) is 0 Å². The third-order valence-electron chi connectivity index (χ3n) is 2.11. The van der Waals surface area contributed by atoms with Crippen molar-refractivity contribution in [2.45, 2.75) is 19.9 Å². The fourth-order valence-corrected chi connectivity index (χ4v) is 1.25. The lowest BCUT2D eigenvalue weighted by molar-refractivity contribution is 0.101. The van der Waals surface area contributed by atoms with Gasteiger partial charge in [-0.2, -0.15) is 10.1 Å². The van der Waals surface area contributed by atoms with Crippen LogP contribution in [0.5, 0.6) is 0 Å². The number of aromatic nitrogens is 5. The molecule has 0 fully saturated rings. The summed E-state index contributed by atoms with van der Waals surface area (Å²) in [5, 5.41) is 12.7. The van der Waals surface area contributed by atoms with Gasteiger partial charge in [-0.1, -0.05) is 0 Å². The molecule has 90 valence electrons. The number of amides is 1. The van der Waals surface area contributed by atoms with E-state index >= 15 is 0 Å². The number of hydrogen-bond acceptors (Lipinski definition) is 5. The zero-order valence-electron chi connectivity index (χ0n) is 9.51. The number of rotatable bonds is 3. The molecule has 0 aliphatic carbocycles. The highest BCUT2D eigenvalue weighted by molar-refractivity contribution is 6.01. The number of H-pyrrole nitrogens is 1. The lowest BCUT2D eigenvalue weighted by Gasteiger charge is -2.03. The average Bonchev–Trinajstić information content (AvgIpc) is 2.86. The Morgan fingerprint density at radius 2 is 2.35 bits per heavy atom. The maximum absolute atomic E-state index is 11.7. The van der Waals surface area contributed by atoms with Crippen LogP contribution in [0.25, 0.3) is 0 Å². The van der Waals surface area contributed by atoms with E-state index in [2.05, 4.69) is 25.6 Å². The number of carbonyl (C=O) groups excluding carboxylic acids is 1. The standard InChI is InChI=1S/C9H13N7O/c1-5(2)16-4-6(3-11-16)12-8(17)7-13-9(10)15-14-7/h3-5H,1-2H3,(H,12,17)(H3,10,13,14,15). The Balaban J connectivity index is 2.07. The molecular formula is C9H13N7O. The molecular weight excluding hydrogens is 222 g/mol. The fraction of sp³-hybridized carbons (Fsp3) is 0.333. The zero-order chi connectivity index (χ0) is 12.4. The van der Waals surface area contributed by atoms with Crippen LogP contribution in [-0.2, 0) is 0 Å². The van der Waals surface area contributed by atoms with Crippen molar-refractivity contribution in [3.63, 3.8) is 0 Å². The molecule has 0 bridgehead atoms. The van der Waals surface area contributed by atoms with Gasteiger partial charge in [-0.05, 0) is 13.8 Å². The van der Waals surface area contributed by atoms with Crippen LogP contribution < -0.4 is 11.1 Å². The lowest BCUT2D eigenvalue weighted by Crippen LogP contribution is -2.13. The highest BCUT2D eigenvalue weighted by atomic mass is 16.2. The van der Waals surface area contributed by atoms with E-state index in [9.17, 15) is 4.79 Å². The van der Waals surface area contributed by atoms with Gasteiger partial charge in [0.05, 0.1) is 11.9 Å². The topological polar surface area (TPSA) is 115 Å². The van der Waals surface area contributed by atoms with Crippen LogP contribution >= 0.6 is 0 Å². The predicted molar refractivity (Wildman–Crippen MR) is 61.4 cm³/mol. The molecule has 2 rings (SSSR count). The Morgan fingerprint density at radius 3 is 2.88 bits per heavy atom. The molecule has 8 heteroatoms. The molecule has 0 unspecified atom stereocenters. The Kier molecular flexibility index (Phi) is 2.77. The molecule has 0 atom stereocenters. The SMILES string of the molecule is CC(C)n1cc(NC(=O)c2nc(N)n[nH]2)cn1. The van der Waals surface area contributed by atoms with Crippen LogP contribution in [0.3, 0.4) is 0 Å². The summed E-state index contributed by atoms with van der Waals surface area (Å²) in [4.78, 5) is 15.4. The molecule has 8 nitrogen and oxygen atoms in total. The minimum atomic E-state index is -0.405. The number of nitrogens with zero attached hydrogens (tertiary/aromatic N) is 4. The van der Waals surface area contributed by atoms with Crippen molar-refractivity contribution in [1.29, 1.82) is 0 Å². The van der Waals surface area contributed by atoms with Gasteiger partial charge in [0.2, 0.25) is 11.8 Å². The molecule has 0 aliphatic rings. The van der Waals surface area contributed by atoms with Gasteiger partial charge < -0.3 is 11.1 Å². The van der Waals surface area contributed by atoms with Gasteiger partial charge in [-0.3, -0.25) is 14.6 Å². The first kappa shape index (κ1) is 11.1. The normalized spacial score (nSPS) is 10.8. The second-order valence-corrected chi connectivity index (χ2v) is 3.80. The average molecular weight is 235 g/mol. The first-order valence-corrected chi connectivity index (χ1v) is 5.09. The summed E-state index contributed by atoms with van der Waals surface area (Å²) in [6, 6.07) is 0.238. The van der Waals surface area contributed by atoms with E-state index in [1.54, 1.807) is 17.1 Å². The van der Waals surface area contributed by atoms with Crippen molar-refractivity contribution < 1.29 is 4.79 Å². The van der Waals surface area contributed by atoms with E-state index in [-0.39, 0.29) is 17.8 Å². The van der Waals surface area contributed by atoms with Crippen LogP contribution in [0.4, 0.5) is 11.6 Å². The van der Waals surface area contributed by atoms with Gasteiger partial charge in [-0.15, -0.1) is 5.10 Å². The molecule has 0 radical (unpaired) electrons. The Labute approximate surface area is 97.2 Å². The minimum Gasteiger partial charge on any atom is -0.366 e. The highest BCUT2D eigenvalue weighted by Crippen LogP contribution is 2.10. The summed E-state index contributed by atoms with van der Waals surface area (Å²) >= 11 is 0. The molecule has 0 spiro atoms. The number of hydrogen-bond donors (Lipinski definition) is 3. The number of nitrogens with two attached hydrogens (primary N) is 1. The molecule has 0 saturated heterocycles. The van der Waals surface area contributed by atoms with Gasteiger partial charge in [0.1, 0.15) is 0 Å². The number of aromatic amines is 1. The summed E-state index contributed by atoms with van der Waals surface area (Å²) in [7, 11) is 0. The minimum absolute atomic E-state index is 0.0352. The lowest BCUT2D eigenvalue weighted by atomic mass is 10.4. The van der Waals surface area contributed by atoms with Crippen molar-refractivity contribution >= 4 is 17.5 Å². The van der Waals surface area contributed by atoms with Gasteiger partial charge in [0.25, 0.3) is 5.91 Å². The van der Waals surface area contributed by atoms with Gasteiger partial charge in [0, 0.05) is 12.2 Å². The Morgan fingerprint density at radius 1 is 1.59 bits per heavy atom. The van der Waals surface area contributed by atoms with Crippen molar-refractivity contribution in [1.82, 2.24) is 25.0 Å². The van der Waals surface area contributed by atoms with Crippen molar-refractivity contribution in [3.8, 4) is 0 Å². The van der Waals surface area contributed by atoms with Crippen LogP contribution in [-0.4, -0.2) is 30.9 Å². The number of nitrogen functional groups attached to an aromatic ring is 1. The third kappa shape index (κ3) is 2.41. The second-order valence-electron chi connectivity index (χ2n) is 3.80. The highest BCUT2D eigenvalue weighted by Gasteiger charge is 2.12. The molecule has 0 saturated carbocycles. The summed E-state index contributed by atoms with van der Waals surface area (Å²) in [5.41, 5.74) is 5.90. The Hall–Kier alpha value is -2.38. The maximum Gasteiger partial charge on any atom is 0.293 e. The van der Waals surface area contributed by atoms with Crippen LogP contribution in [0.1, 0.15) is 30.5 Å². The first-order chi connectivity index (χ1) is 8.06. The van der Waals surface area contributed by atoms with Gasteiger partial charge in [-0.25, -0.2) is 0 Å². The van der Waals surface area contributed by atoms with Crippen molar-refractivity contribution in [2.24, 2.45) is 0 Å². The molecule has 17 heavy (non-hydrogen) atoms. The van der Waals surface area contributed by atoms with E-state index in [0.717, 1.165) is 0 Å². The number of anilines is 2. The number of nitrogens with one attached hydrogen (secondary N) is 2.